The van der Waals surface area contributed by atoms with E-state index in [9.17, 15) is 4.80 Å². The second-order valence-electron chi connectivity index (χ2n) is 2.31. The molecule has 84 valence electrons. The van der Waals surface area contributed by atoms with Crippen LogP contribution >= 0.6 is 0 Å². The number of hydrogen-bond acceptors (Lipinski definition) is 6. The van der Waals surface area contributed by atoms with E-state index in [0.717, 1.165) is 0 Å². The third-order valence-electron chi connectivity index (χ3n) is 0.867. The van der Waals surface area contributed by atoms with Gasteiger partial charge in [-0.05, 0) is 20.8 Å². The van der Waals surface area contributed by atoms with Gasteiger partial charge in [-0.3, -0.25) is 0 Å². The molecule has 0 aliphatic rings. The zero-order valence-electron chi connectivity index (χ0n) is 8.61. The molecule has 0 unspecified atom stereocenters. The van der Waals surface area contributed by atoms with Crippen LogP contribution in [0.3, 0.4) is 0 Å². The van der Waals surface area contributed by atoms with Crippen LogP contribution in [-0.2, 0) is 23.4 Å². The van der Waals surface area contributed by atoms with E-state index in [2.05, 4.69) is 25.5 Å². The van der Waals surface area contributed by atoms with Gasteiger partial charge in [0.25, 0.3) is 0 Å². The highest BCUT2D eigenvalue weighted by Gasteiger charge is 2.48. The number of allylic oxidation sites excluding steroid dienone is 1. The van der Waals surface area contributed by atoms with Crippen molar-refractivity contribution in [1.82, 2.24) is 0 Å². The van der Waals surface area contributed by atoms with Gasteiger partial charge in [0.1, 0.15) is 0 Å². The Morgan fingerprint density at radius 1 is 1.21 bits per heavy atom. The summed E-state index contributed by atoms with van der Waals surface area (Å²) in [5, 5.41) is 0. The summed E-state index contributed by atoms with van der Waals surface area (Å²) >= 11 is 0. The number of rotatable bonds is 8. The standard InChI is InChI=1S/C7H16O6Si/c1-5-9-12-14(8,11-7(3)4)13-10-6-2/h8H,3,5-6H2,1-2,4H3. The lowest BCUT2D eigenvalue weighted by atomic mass is 10.7. The topological polar surface area (TPSA) is 66.4 Å². The molecule has 0 radical (unpaired) electrons. The predicted molar refractivity (Wildman–Crippen MR) is 49.3 cm³/mol. The highest BCUT2D eigenvalue weighted by Crippen LogP contribution is 2.10. The van der Waals surface area contributed by atoms with Crippen LogP contribution in [0.5, 0.6) is 0 Å². The fraction of sp³-hybridized carbons (Fsp3) is 0.714. The first-order valence-electron chi connectivity index (χ1n) is 4.22. The van der Waals surface area contributed by atoms with Gasteiger partial charge in [0.05, 0.1) is 19.0 Å². The van der Waals surface area contributed by atoms with Crippen molar-refractivity contribution in [1.29, 1.82) is 0 Å². The molecule has 1 N–H and O–H groups in total. The third-order valence-corrected chi connectivity index (χ3v) is 2.13. The summed E-state index contributed by atoms with van der Waals surface area (Å²) in [6.45, 7) is 8.87. The molecule has 0 bridgehead atoms. The van der Waals surface area contributed by atoms with Gasteiger partial charge >= 0.3 is 9.05 Å². The summed E-state index contributed by atoms with van der Waals surface area (Å²) in [6, 6.07) is 0. The van der Waals surface area contributed by atoms with Crippen molar-refractivity contribution in [2.24, 2.45) is 0 Å². The largest absolute Gasteiger partial charge is 0.803 e. The molecule has 0 aliphatic heterocycles. The first kappa shape index (κ1) is 13.6. The van der Waals surface area contributed by atoms with Gasteiger partial charge in [-0.1, -0.05) is 6.58 Å². The Labute approximate surface area is 84.3 Å². The summed E-state index contributed by atoms with van der Waals surface area (Å²) in [6.07, 6.45) is 0. The molecule has 0 atom stereocenters. The van der Waals surface area contributed by atoms with E-state index in [4.69, 9.17) is 4.43 Å². The Balaban J connectivity index is 4.09. The Morgan fingerprint density at radius 2 is 1.64 bits per heavy atom. The molecular weight excluding hydrogens is 208 g/mol. The van der Waals surface area contributed by atoms with E-state index < -0.39 is 9.05 Å². The maximum atomic E-state index is 9.61. The molecular formula is C7H16O6Si. The SMILES string of the molecule is C=C(C)O[Si](O)(OOCC)OOCC. The van der Waals surface area contributed by atoms with Gasteiger partial charge in [-0.2, -0.15) is 9.15 Å². The minimum Gasteiger partial charge on any atom is -0.483 e. The first-order chi connectivity index (χ1) is 6.54. The molecule has 0 aliphatic carbocycles. The predicted octanol–water partition coefficient (Wildman–Crippen LogP) is 0.901. The molecule has 14 heavy (non-hydrogen) atoms. The van der Waals surface area contributed by atoms with Gasteiger partial charge < -0.3 is 9.22 Å². The number of hydrogen-bond donors (Lipinski definition) is 1. The summed E-state index contributed by atoms with van der Waals surface area (Å²) in [7, 11) is -3.90. The second-order valence-corrected chi connectivity index (χ2v) is 3.89. The summed E-state index contributed by atoms with van der Waals surface area (Å²) < 4.78 is 14.0. The normalized spacial score (nSPS) is 11.4. The molecule has 7 heteroatoms. The molecule has 0 saturated carbocycles. The fourth-order valence-corrected chi connectivity index (χ4v) is 1.60. The van der Waals surface area contributed by atoms with Gasteiger partial charge in [0, 0.05) is 0 Å². The van der Waals surface area contributed by atoms with Crippen molar-refractivity contribution in [3.05, 3.63) is 12.3 Å². The van der Waals surface area contributed by atoms with Gasteiger partial charge in [0.15, 0.2) is 0 Å². The lowest BCUT2D eigenvalue weighted by Crippen LogP contribution is -2.45. The quantitative estimate of drug-likeness (QED) is 0.286. The van der Waals surface area contributed by atoms with Crippen molar-refractivity contribution in [3.63, 3.8) is 0 Å². The summed E-state index contributed by atoms with van der Waals surface area (Å²) in [4.78, 5) is 18.7. The minimum atomic E-state index is -3.90. The van der Waals surface area contributed by atoms with Gasteiger partial charge in [0.2, 0.25) is 0 Å². The monoisotopic (exact) mass is 224 g/mol. The van der Waals surface area contributed by atoms with Crippen LogP contribution in [0.25, 0.3) is 0 Å². The minimum absolute atomic E-state index is 0.249. The van der Waals surface area contributed by atoms with E-state index in [1.54, 1.807) is 20.8 Å². The molecule has 0 fully saturated rings. The molecule has 0 saturated heterocycles. The fourth-order valence-electron chi connectivity index (χ4n) is 0.535. The molecule has 6 nitrogen and oxygen atoms in total. The molecule has 0 spiro atoms. The Morgan fingerprint density at radius 3 is 1.93 bits per heavy atom. The van der Waals surface area contributed by atoms with Gasteiger partial charge in [-0.15, -0.1) is 0 Å². The third kappa shape index (κ3) is 6.08. The second kappa shape index (κ2) is 6.93. The van der Waals surface area contributed by atoms with Crippen LogP contribution < -0.4 is 0 Å². The van der Waals surface area contributed by atoms with Crippen molar-refractivity contribution < 1.29 is 28.2 Å². The van der Waals surface area contributed by atoms with Crippen LogP contribution in [0.15, 0.2) is 12.3 Å². The van der Waals surface area contributed by atoms with E-state index >= 15 is 0 Å². The summed E-state index contributed by atoms with van der Waals surface area (Å²) in [5.41, 5.74) is 0. The zero-order valence-corrected chi connectivity index (χ0v) is 9.61. The average Bonchev–Trinajstić information content (AvgIpc) is 2.11. The van der Waals surface area contributed by atoms with Crippen LogP contribution in [0.1, 0.15) is 20.8 Å². The van der Waals surface area contributed by atoms with Crippen LogP contribution in [-0.4, -0.2) is 27.1 Å². The molecule has 0 heterocycles. The lowest BCUT2D eigenvalue weighted by Gasteiger charge is -2.20. The smallest absolute Gasteiger partial charge is 0.483 e. The lowest BCUT2D eigenvalue weighted by molar-refractivity contribution is -0.330. The van der Waals surface area contributed by atoms with E-state index in [1.165, 1.54) is 0 Å². The Kier molecular flexibility index (Phi) is 6.71. The maximum Gasteiger partial charge on any atom is 0.803 e. The summed E-state index contributed by atoms with van der Waals surface area (Å²) in [5.74, 6) is 0.249. The van der Waals surface area contributed by atoms with Crippen molar-refractivity contribution in [2.75, 3.05) is 13.2 Å². The molecule has 0 aromatic carbocycles. The Bertz CT molecular complexity index is 166. The molecule has 0 aromatic rings. The van der Waals surface area contributed by atoms with Crippen molar-refractivity contribution >= 4 is 9.05 Å². The average molecular weight is 224 g/mol. The molecule has 0 aromatic heterocycles. The zero-order chi connectivity index (χ0) is 11.0. The molecule has 0 rings (SSSR count). The van der Waals surface area contributed by atoms with Gasteiger partial charge in [-0.25, -0.2) is 9.78 Å². The maximum absolute atomic E-state index is 9.61. The van der Waals surface area contributed by atoms with Crippen LogP contribution in [0, 0.1) is 0 Å². The first-order valence-corrected chi connectivity index (χ1v) is 5.89. The van der Waals surface area contributed by atoms with E-state index in [0.29, 0.717) is 0 Å². The highest BCUT2D eigenvalue weighted by molar-refractivity contribution is 6.51. The van der Waals surface area contributed by atoms with Crippen molar-refractivity contribution in [2.45, 2.75) is 20.8 Å². The van der Waals surface area contributed by atoms with E-state index in [1.807, 2.05) is 0 Å². The van der Waals surface area contributed by atoms with Crippen LogP contribution in [0.4, 0.5) is 0 Å². The Hall–Kier alpha value is -0.443. The van der Waals surface area contributed by atoms with Crippen molar-refractivity contribution in [3.8, 4) is 0 Å². The van der Waals surface area contributed by atoms with E-state index in [-0.39, 0.29) is 19.0 Å². The highest BCUT2D eigenvalue weighted by atomic mass is 28.4. The van der Waals surface area contributed by atoms with Crippen LogP contribution in [0.2, 0.25) is 0 Å². The molecule has 0 amide bonds.